The number of nitro benzene ring substituents is 2. The number of hydrogen-bond acceptors (Lipinski definition) is 6. The Morgan fingerprint density at radius 3 is 1.28 bits per heavy atom. The molecule has 0 N–H and O–H groups in total. The van der Waals surface area contributed by atoms with E-state index < -0.39 is 15.3 Å². The standard InChI is InChI=1S/C29H36Br2N2O6/c30-17-5-1-3-7-27(34)21-29(22-28(35)8-4-2-6-18-31,19-23-9-13-25(14-10-23)32(36)37)20-24-11-15-26(16-12-24)33(38)39/h9-16H,1-8,17-22H2. The minimum absolute atomic E-state index is 0.0227. The zero-order chi connectivity index (χ0) is 28.7. The predicted molar refractivity (Wildman–Crippen MR) is 160 cm³/mol. The van der Waals surface area contributed by atoms with Crippen molar-refractivity contribution in [3.05, 3.63) is 79.9 Å². The number of halogens is 2. The van der Waals surface area contributed by atoms with Crippen molar-refractivity contribution in [3.63, 3.8) is 0 Å². The van der Waals surface area contributed by atoms with Crippen LogP contribution in [0.1, 0.15) is 75.3 Å². The van der Waals surface area contributed by atoms with Crippen LogP contribution in [0.4, 0.5) is 11.4 Å². The van der Waals surface area contributed by atoms with Crippen LogP contribution in [0.25, 0.3) is 0 Å². The number of nitro groups is 2. The molecule has 0 aliphatic carbocycles. The van der Waals surface area contributed by atoms with Crippen molar-refractivity contribution in [1.82, 2.24) is 0 Å². The Balaban J connectivity index is 2.40. The molecule has 2 aromatic carbocycles. The average Bonchev–Trinajstić information content (AvgIpc) is 2.89. The van der Waals surface area contributed by atoms with Gasteiger partial charge in [-0.3, -0.25) is 29.8 Å². The summed E-state index contributed by atoms with van der Waals surface area (Å²) >= 11 is 6.83. The summed E-state index contributed by atoms with van der Waals surface area (Å²) in [5.74, 6) is 0.168. The van der Waals surface area contributed by atoms with Gasteiger partial charge in [-0.1, -0.05) is 69.0 Å². The number of nitrogens with zero attached hydrogens (tertiary/aromatic N) is 2. The summed E-state index contributed by atoms with van der Waals surface area (Å²) in [5.41, 5.74) is 0.824. The Bertz CT molecular complexity index is 1000. The molecule has 212 valence electrons. The number of alkyl halides is 2. The van der Waals surface area contributed by atoms with Gasteiger partial charge in [-0.25, -0.2) is 0 Å². The molecule has 0 amide bonds. The van der Waals surface area contributed by atoms with Crippen molar-refractivity contribution in [3.8, 4) is 0 Å². The minimum atomic E-state index is -0.745. The monoisotopic (exact) mass is 666 g/mol. The van der Waals surface area contributed by atoms with E-state index in [1.54, 1.807) is 24.3 Å². The lowest BCUT2D eigenvalue weighted by atomic mass is 9.69. The number of carbonyl (C=O) groups excluding carboxylic acids is 2. The molecule has 0 aliphatic rings. The van der Waals surface area contributed by atoms with Crippen LogP contribution in [0.15, 0.2) is 48.5 Å². The van der Waals surface area contributed by atoms with Gasteiger partial charge in [-0.2, -0.15) is 0 Å². The molecule has 0 radical (unpaired) electrons. The maximum Gasteiger partial charge on any atom is 0.269 e. The van der Waals surface area contributed by atoms with E-state index in [4.69, 9.17) is 0 Å². The van der Waals surface area contributed by atoms with Gasteiger partial charge in [0.2, 0.25) is 0 Å². The summed E-state index contributed by atoms with van der Waals surface area (Å²) in [6, 6.07) is 12.5. The van der Waals surface area contributed by atoms with E-state index in [1.165, 1.54) is 24.3 Å². The molecule has 0 saturated heterocycles. The van der Waals surface area contributed by atoms with Gasteiger partial charge in [0, 0.05) is 60.6 Å². The number of unbranched alkanes of at least 4 members (excludes halogenated alkanes) is 4. The van der Waals surface area contributed by atoms with Crippen LogP contribution in [-0.4, -0.2) is 32.1 Å². The minimum Gasteiger partial charge on any atom is -0.300 e. The van der Waals surface area contributed by atoms with E-state index in [0.29, 0.717) is 25.7 Å². The van der Waals surface area contributed by atoms with E-state index in [1.807, 2.05) is 0 Å². The number of non-ortho nitro benzene ring substituents is 2. The number of Topliss-reactive ketones (excluding diaryl/α,β-unsaturated/α-hetero) is 2. The molecule has 2 rings (SSSR count). The third-order valence-corrected chi connectivity index (χ3v) is 7.90. The van der Waals surface area contributed by atoms with Crippen molar-refractivity contribution in [2.75, 3.05) is 10.7 Å². The predicted octanol–water partition coefficient (Wildman–Crippen LogP) is 8.10. The zero-order valence-electron chi connectivity index (χ0n) is 22.1. The summed E-state index contributed by atoms with van der Waals surface area (Å²) in [6.45, 7) is 0. The first kappa shape index (κ1) is 32.8. The summed E-state index contributed by atoms with van der Waals surface area (Å²) in [6.07, 6.45) is 7.40. The van der Waals surface area contributed by atoms with Gasteiger partial charge in [-0.15, -0.1) is 0 Å². The molecule has 39 heavy (non-hydrogen) atoms. The molecule has 0 bridgehead atoms. The highest BCUT2D eigenvalue weighted by Crippen LogP contribution is 2.38. The molecule has 0 aromatic heterocycles. The Morgan fingerprint density at radius 2 is 0.974 bits per heavy atom. The van der Waals surface area contributed by atoms with Crippen LogP contribution in [0.5, 0.6) is 0 Å². The van der Waals surface area contributed by atoms with Crippen LogP contribution in [0.3, 0.4) is 0 Å². The van der Waals surface area contributed by atoms with Gasteiger partial charge in [0.1, 0.15) is 11.6 Å². The van der Waals surface area contributed by atoms with Crippen molar-refractivity contribution in [2.24, 2.45) is 5.41 Å². The van der Waals surface area contributed by atoms with Crippen molar-refractivity contribution < 1.29 is 19.4 Å². The second kappa shape index (κ2) is 17.3. The quantitative estimate of drug-likeness (QED) is 0.0609. The van der Waals surface area contributed by atoms with E-state index >= 15 is 0 Å². The Hall–Kier alpha value is -2.46. The highest BCUT2D eigenvalue weighted by Gasteiger charge is 2.35. The summed E-state index contributed by atoms with van der Waals surface area (Å²) in [4.78, 5) is 47.9. The number of hydrogen-bond donors (Lipinski definition) is 0. The van der Waals surface area contributed by atoms with Crippen molar-refractivity contribution >= 4 is 54.8 Å². The largest absolute Gasteiger partial charge is 0.300 e. The topological polar surface area (TPSA) is 120 Å². The Morgan fingerprint density at radius 1 is 0.615 bits per heavy atom. The first-order chi connectivity index (χ1) is 18.7. The van der Waals surface area contributed by atoms with Crippen LogP contribution in [0.2, 0.25) is 0 Å². The van der Waals surface area contributed by atoms with Crippen LogP contribution < -0.4 is 0 Å². The first-order valence-electron chi connectivity index (χ1n) is 13.3. The lowest BCUT2D eigenvalue weighted by molar-refractivity contribution is -0.385. The van der Waals surface area contributed by atoms with Crippen LogP contribution in [0, 0.1) is 25.6 Å². The van der Waals surface area contributed by atoms with Crippen LogP contribution in [-0.2, 0) is 22.4 Å². The SMILES string of the molecule is O=C(CCCCCBr)CC(CC(=O)CCCCCBr)(Cc1ccc([N+](=O)[O-])cc1)Cc1ccc([N+](=O)[O-])cc1. The van der Waals surface area contributed by atoms with Crippen molar-refractivity contribution in [1.29, 1.82) is 0 Å². The van der Waals surface area contributed by atoms with Crippen molar-refractivity contribution in [2.45, 2.75) is 77.0 Å². The maximum absolute atomic E-state index is 13.3. The third kappa shape index (κ3) is 12.1. The molecule has 0 aliphatic heterocycles. The molecule has 10 heteroatoms. The number of benzene rings is 2. The molecular formula is C29H36Br2N2O6. The zero-order valence-corrected chi connectivity index (χ0v) is 25.3. The molecule has 0 fully saturated rings. The fourth-order valence-corrected chi connectivity index (χ4v) is 5.71. The molecule has 2 aromatic rings. The molecule has 0 saturated carbocycles. The fraction of sp³-hybridized carbons (Fsp3) is 0.517. The van der Waals surface area contributed by atoms with Gasteiger partial charge in [0.15, 0.2) is 0 Å². The Labute approximate surface area is 246 Å². The molecule has 0 unspecified atom stereocenters. The molecule has 0 spiro atoms. The van der Waals surface area contributed by atoms with Crippen LogP contribution >= 0.6 is 31.9 Å². The number of rotatable bonds is 20. The highest BCUT2D eigenvalue weighted by molar-refractivity contribution is 9.09. The highest BCUT2D eigenvalue weighted by atomic mass is 79.9. The van der Waals surface area contributed by atoms with E-state index in [2.05, 4.69) is 31.9 Å². The second-order valence-corrected chi connectivity index (χ2v) is 11.7. The lowest BCUT2D eigenvalue weighted by Gasteiger charge is -2.34. The summed E-state index contributed by atoms with van der Waals surface area (Å²) < 4.78 is 0. The van der Waals surface area contributed by atoms with Gasteiger partial charge in [0.25, 0.3) is 11.4 Å². The van der Waals surface area contributed by atoms with Gasteiger partial charge in [0.05, 0.1) is 9.85 Å². The fourth-order valence-electron chi connectivity index (χ4n) is 4.91. The second-order valence-electron chi connectivity index (χ2n) is 10.1. The summed E-state index contributed by atoms with van der Waals surface area (Å²) in [7, 11) is 0. The summed E-state index contributed by atoms with van der Waals surface area (Å²) in [5, 5.41) is 24.1. The van der Waals surface area contributed by atoms with E-state index in [0.717, 1.165) is 60.3 Å². The molecular weight excluding hydrogens is 632 g/mol. The normalized spacial score (nSPS) is 11.3. The smallest absolute Gasteiger partial charge is 0.269 e. The van der Waals surface area contributed by atoms with E-state index in [9.17, 15) is 29.8 Å². The molecule has 0 heterocycles. The maximum atomic E-state index is 13.3. The molecule has 8 nitrogen and oxygen atoms in total. The number of carbonyl (C=O) groups is 2. The number of ketones is 2. The van der Waals surface area contributed by atoms with E-state index in [-0.39, 0.29) is 35.8 Å². The van der Waals surface area contributed by atoms with Gasteiger partial charge in [-0.05, 0) is 55.1 Å². The Kier molecular flexibility index (Phi) is 14.5. The first-order valence-corrected chi connectivity index (χ1v) is 15.5. The van der Waals surface area contributed by atoms with Gasteiger partial charge >= 0.3 is 0 Å². The van der Waals surface area contributed by atoms with Gasteiger partial charge < -0.3 is 0 Å². The average molecular weight is 668 g/mol. The third-order valence-electron chi connectivity index (χ3n) is 6.78. The molecule has 0 atom stereocenters. The lowest BCUT2D eigenvalue weighted by Crippen LogP contribution is -2.33.